The molecule has 0 unspecified atom stereocenters. The summed E-state index contributed by atoms with van der Waals surface area (Å²) in [6.45, 7) is 4.37. The number of nitrogens with zero attached hydrogens (tertiary/aromatic N) is 1. The molecule has 0 aliphatic heterocycles. The van der Waals surface area contributed by atoms with Crippen LogP contribution in [0, 0.1) is 0 Å². The molecule has 2 N–H and O–H groups in total. The van der Waals surface area contributed by atoms with E-state index in [9.17, 15) is 4.79 Å². The van der Waals surface area contributed by atoms with Crippen molar-refractivity contribution in [1.29, 1.82) is 0 Å². The second kappa shape index (κ2) is 9.34. The number of likely N-dealkylation sites (N-methyl/N-ethyl adjacent to an activating group) is 1. The number of carbonyl (C=O) groups excluding carboxylic acids is 1. The van der Waals surface area contributed by atoms with Gasteiger partial charge in [-0.05, 0) is 25.8 Å². The summed E-state index contributed by atoms with van der Waals surface area (Å²) < 4.78 is 0. The fourth-order valence-electron chi connectivity index (χ4n) is 2.54. The maximum atomic E-state index is 11.9. The van der Waals surface area contributed by atoms with Crippen LogP contribution in [0.1, 0.15) is 51.9 Å². The Morgan fingerprint density at radius 2 is 1.94 bits per heavy atom. The van der Waals surface area contributed by atoms with Crippen molar-refractivity contribution in [2.45, 2.75) is 57.9 Å². The van der Waals surface area contributed by atoms with E-state index in [0.29, 0.717) is 12.6 Å². The van der Waals surface area contributed by atoms with Gasteiger partial charge in [0.15, 0.2) is 0 Å². The van der Waals surface area contributed by atoms with Crippen LogP contribution in [-0.4, -0.2) is 48.2 Å². The third-order valence-electron chi connectivity index (χ3n) is 3.67. The lowest BCUT2D eigenvalue weighted by Crippen LogP contribution is -2.42. The van der Waals surface area contributed by atoms with E-state index in [4.69, 9.17) is 5.11 Å². The highest BCUT2D eigenvalue weighted by Crippen LogP contribution is 2.17. The van der Waals surface area contributed by atoms with Crippen LogP contribution in [0.3, 0.4) is 0 Å². The Morgan fingerprint density at radius 1 is 1.28 bits per heavy atom. The van der Waals surface area contributed by atoms with Gasteiger partial charge >= 0.3 is 0 Å². The van der Waals surface area contributed by atoms with Crippen LogP contribution in [-0.2, 0) is 4.79 Å². The van der Waals surface area contributed by atoms with Crippen molar-refractivity contribution in [2.24, 2.45) is 0 Å². The van der Waals surface area contributed by atoms with Gasteiger partial charge in [0.2, 0.25) is 5.91 Å². The van der Waals surface area contributed by atoms with E-state index in [1.807, 2.05) is 0 Å². The van der Waals surface area contributed by atoms with E-state index in [-0.39, 0.29) is 12.5 Å². The largest absolute Gasteiger partial charge is 0.396 e. The minimum atomic E-state index is 0.140. The van der Waals surface area contributed by atoms with Crippen LogP contribution >= 0.6 is 0 Å². The number of aliphatic hydroxyl groups is 1. The van der Waals surface area contributed by atoms with Gasteiger partial charge in [-0.15, -0.1) is 0 Å². The van der Waals surface area contributed by atoms with Crippen LogP contribution < -0.4 is 5.32 Å². The normalized spacial score (nSPS) is 17.7. The fraction of sp³-hybridized carbons (Fsp3) is 0.929. The molecule has 1 saturated carbocycles. The Bertz CT molecular complexity index is 226. The zero-order chi connectivity index (χ0) is 13.2. The molecule has 1 aliphatic rings. The molecule has 0 aromatic heterocycles. The van der Waals surface area contributed by atoms with Crippen LogP contribution in [0.5, 0.6) is 0 Å². The Morgan fingerprint density at radius 3 is 2.50 bits per heavy atom. The molecule has 0 spiro atoms. The summed E-state index contributed by atoms with van der Waals surface area (Å²) >= 11 is 0. The first kappa shape index (κ1) is 15.4. The molecule has 106 valence electrons. The summed E-state index contributed by atoms with van der Waals surface area (Å²) in [5, 5.41) is 12.0. The lowest BCUT2D eigenvalue weighted by Gasteiger charge is -2.22. The highest BCUT2D eigenvalue weighted by atomic mass is 16.3. The van der Waals surface area contributed by atoms with Crippen molar-refractivity contribution in [2.75, 3.05) is 26.2 Å². The molecule has 0 atom stereocenters. The maximum Gasteiger partial charge on any atom is 0.234 e. The molecule has 0 saturated heterocycles. The quantitative estimate of drug-likeness (QED) is 0.679. The van der Waals surface area contributed by atoms with Crippen molar-refractivity contribution in [3.63, 3.8) is 0 Å². The lowest BCUT2D eigenvalue weighted by molar-refractivity contribution is -0.123. The second-order valence-electron chi connectivity index (χ2n) is 5.20. The first-order chi connectivity index (χ1) is 8.76. The summed E-state index contributed by atoms with van der Waals surface area (Å²) in [5.41, 5.74) is 0. The molecule has 4 heteroatoms. The molecule has 0 bridgehead atoms. The Labute approximate surface area is 111 Å². The lowest BCUT2D eigenvalue weighted by atomic mass is 10.1. The first-order valence-corrected chi connectivity index (χ1v) is 7.38. The Kier molecular flexibility index (Phi) is 8.01. The molecule has 1 amide bonds. The molecule has 0 aromatic rings. The van der Waals surface area contributed by atoms with E-state index >= 15 is 0 Å². The molecule has 1 fully saturated rings. The highest BCUT2D eigenvalue weighted by Gasteiger charge is 2.16. The zero-order valence-corrected chi connectivity index (χ0v) is 11.7. The predicted octanol–water partition coefficient (Wildman–Crippen LogP) is 1.53. The second-order valence-corrected chi connectivity index (χ2v) is 5.20. The molecule has 0 radical (unpaired) electrons. The number of hydrogen-bond acceptors (Lipinski definition) is 3. The van der Waals surface area contributed by atoms with Gasteiger partial charge in [-0.25, -0.2) is 0 Å². The number of nitrogens with one attached hydrogen (secondary N) is 1. The number of carbonyl (C=O) groups is 1. The summed E-state index contributed by atoms with van der Waals surface area (Å²) in [6, 6.07) is 0.386. The highest BCUT2D eigenvalue weighted by molar-refractivity contribution is 5.78. The van der Waals surface area contributed by atoms with Gasteiger partial charge in [0.25, 0.3) is 0 Å². The average Bonchev–Trinajstić information content (AvgIpc) is 2.63. The van der Waals surface area contributed by atoms with Crippen molar-refractivity contribution in [3.05, 3.63) is 0 Å². The number of amides is 1. The Hall–Kier alpha value is -0.610. The molecule has 4 nitrogen and oxygen atoms in total. The smallest absolute Gasteiger partial charge is 0.234 e. The van der Waals surface area contributed by atoms with Gasteiger partial charge < -0.3 is 10.4 Å². The van der Waals surface area contributed by atoms with Gasteiger partial charge in [-0.3, -0.25) is 9.69 Å². The Balaban J connectivity index is 2.25. The SMILES string of the molecule is CCN(CCCO)CC(=O)NC1CCCCCC1. The molecular formula is C14H28N2O2. The molecular weight excluding hydrogens is 228 g/mol. The van der Waals surface area contributed by atoms with Crippen LogP contribution in [0.15, 0.2) is 0 Å². The average molecular weight is 256 g/mol. The van der Waals surface area contributed by atoms with Gasteiger partial charge in [-0.2, -0.15) is 0 Å². The van der Waals surface area contributed by atoms with Gasteiger partial charge in [0.1, 0.15) is 0 Å². The van der Waals surface area contributed by atoms with E-state index in [1.165, 1.54) is 25.7 Å². The van der Waals surface area contributed by atoms with Crippen molar-refractivity contribution in [1.82, 2.24) is 10.2 Å². The summed E-state index contributed by atoms with van der Waals surface area (Å²) in [4.78, 5) is 14.0. The third kappa shape index (κ3) is 6.36. The molecule has 1 rings (SSSR count). The summed E-state index contributed by atoms with van der Waals surface area (Å²) in [5.74, 6) is 0.140. The molecule has 18 heavy (non-hydrogen) atoms. The van der Waals surface area contributed by atoms with E-state index in [1.54, 1.807) is 0 Å². The van der Waals surface area contributed by atoms with Gasteiger partial charge in [0.05, 0.1) is 6.54 Å². The predicted molar refractivity (Wildman–Crippen MR) is 73.4 cm³/mol. The monoisotopic (exact) mass is 256 g/mol. The van der Waals surface area contributed by atoms with Gasteiger partial charge in [-0.1, -0.05) is 32.6 Å². The third-order valence-corrected chi connectivity index (χ3v) is 3.67. The topological polar surface area (TPSA) is 52.6 Å². The zero-order valence-electron chi connectivity index (χ0n) is 11.7. The molecule has 0 aromatic carbocycles. The fourth-order valence-corrected chi connectivity index (χ4v) is 2.54. The first-order valence-electron chi connectivity index (χ1n) is 7.38. The van der Waals surface area contributed by atoms with Crippen LogP contribution in [0.2, 0.25) is 0 Å². The molecule has 1 aliphatic carbocycles. The summed E-state index contributed by atoms with van der Waals surface area (Å²) in [6.07, 6.45) is 8.11. The van der Waals surface area contributed by atoms with Crippen LogP contribution in [0.25, 0.3) is 0 Å². The van der Waals surface area contributed by atoms with Crippen molar-refractivity contribution < 1.29 is 9.90 Å². The molecule has 0 heterocycles. The van der Waals surface area contributed by atoms with Crippen LogP contribution in [0.4, 0.5) is 0 Å². The minimum absolute atomic E-state index is 0.140. The number of hydrogen-bond donors (Lipinski definition) is 2. The van der Waals surface area contributed by atoms with E-state index < -0.39 is 0 Å². The standard InChI is InChI=1S/C14H28N2O2/c1-2-16(10-7-11-17)12-14(18)15-13-8-5-3-4-6-9-13/h13,17H,2-12H2,1H3,(H,15,18). The maximum absolute atomic E-state index is 11.9. The number of aliphatic hydroxyl groups excluding tert-OH is 1. The number of rotatable bonds is 7. The summed E-state index contributed by atoms with van der Waals surface area (Å²) in [7, 11) is 0. The van der Waals surface area contributed by atoms with Gasteiger partial charge in [0, 0.05) is 19.2 Å². The van der Waals surface area contributed by atoms with E-state index in [2.05, 4.69) is 17.1 Å². The minimum Gasteiger partial charge on any atom is -0.396 e. The van der Waals surface area contributed by atoms with Crippen molar-refractivity contribution >= 4 is 5.91 Å². The van der Waals surface area contributed by atoms with Crippen molar-refractivity contribution in [3.8, 4) is 0 Å². The van der Waals surface area contributed by atoms with E-state index in [0.717, 1.165) is 32.4 Å².